The SMILES string of the molecule is CCC1(C(=O)N(CC(=O)Nc2ccc3c(c2)C[C@@]2(C3)C(=O)Nc3ncccc32)Cc2ccccc2CNC)CCN(C(=O)C2CCC2)CC1. The van der Waals surface area contributed by atoms with Gasteiger partial charge >= 0.3 is 0 Å². The van der Waals surface area contributed by atoms with Gasteiger partial charge in [0.2, 0.25) is 23.6 Å². The summed E-state index contributed by atoms with van der Waals surface area (Å²) >= 11 is 0. The summed E-state index contributed by atoms with van der Waals surface area (Å²) in [5, 5.41) is 9.22. The molecule has 256 valence electrons. The molecule has 1 spiro atoms. The van der Waals surface area contributed by atoms with E-state index in [4.69, 9.17) is 0 Å². The molecule has 2 aromatic carbocycles. The molecule has 49 heavy (non-hydrogen) atoms. The van der Waals surface area contributed by atoms with Gasteiger partial charge in [-0.25, -0.2) is 4.98 Å². The number of hydrogen-bond donors (Lipinski definition) is 3. The third-order valence-electron chi connectivity index (χ3n) is 11.5. The van der Waals surface area contributed by atoms with E-state index in [0.29, 0.717) is 69.8 Å². The van der Waals surface area contributed by atoms with Gasteiger partial charge in [-0.15, -0.1) is 0 Å². The number of nitrogens with zero attached hydrogens (tertiary/aromatic N) is 3. The maximum atomic E-state index is 14.6. The number of pyridine rings is 1. The van der Waals surface area contributed by atoms with Gasteiger partial charge in [0.25, 0.3) is 0 Å². The number of amides is 4. The number of likely N-dealkylation sites (tertiary alicyclic amines) is 1. The maximum Gasteiger partial charge on any atom is 0.244 e. The standard InChI is InChI=1S/C39H46N6O4/c1-3-38(15-18-44(19-16-38)35(47)26-10-6-11-26)37(49)45(24-29-9-5-4-8-28(29)23-40-2)25-33(46)42-31-14-13-27-21-39(22-30(27)20-31)32-12-7-17-41-34(32)43-36(39)48/h4-5,7-9,12-14,17,20,26,40H,3,6,10-11,15-16,18-19,21-25H2,1-2H3,(H,42,46)(H,41,43,48)/t39-/m1/s1. The highest BCUT2D eigenvalue weighted by molar-refractivity contribution is 6.06. The quantitative estimate of drug-likeness (QED) is 0.292. The smallest absolute Gasteiger partial charge is 0.244 e. The van der Waals surface area contributed by atoms with E-state index in [1.165, 1.54) is 0 Å². The molecule has 3 heterocycles. The zero-order valence-electron chi connectivity index (χ0n) is 28.5. The van der Waals surface area contributed by atoms with Crippen molar-refractivity contribution in [1.29, 1.82) is 0 Å². The molecule has 1 atom stereocenters. The van der Waals surface area contributed by atoms with Crippen molar-refractivity contribution in [2.75, 3.05) is 37.3 Å². The van der Waals surface area contributed by atoms with Crippen molar-refractivity contribution in [2.24, 2.45) is 11.3 Å². The minimum absolute atomic E-state index is 0.0319. The van der Waals surface area contributed by atoms with E-state index in [0.717, 1.165) is 47.1 Å². The third-order valence-corrected chi connectivity index (χ3v) is 11.5. The van der Waals surface area contributed by atoms with Crippen LogP contribution in [0, 0.1) is 11.3 Å². The molecule has 1 aromatic heterocycles. The van der Waals surface area contributed by atoms with Crippen molar-refractivity contribution in [3.05, 3.63) is 88.6 Å². The predicted molar refractivity (Wildman–Crippen MR) is 188 cm³/mol. The Morgan fingerprint density at radius 1 is 1.00 bits per heavy atom. The number of anilines is 2. The molecule has 3 N–H and O–H groups in total. The number of rotatable bonds is 10. The summed E-state index contributed by atoms with van der Waals surface area (Å²) < 4.78 is 0. The summed E-state index contributed by atoms with van der Waals surface area (Å²) in [5.74, 6) is 0.644. The highest BCUT2D eigenvalue weighted by Crippen LogP contribution is 2.47. The summed E-state index contributed by atoms with van der Waals surface area (Å²) in [5.41, 5.74) is 4.40. The van der Waals surface area contributed by atoms with Gasteiger partial charge in [0, 0.05) is 49.5 Å². The monoisotopic (exact) mass is 662 g/mol. The number of piperidine rings is 1. The van der Waals surface area contributed by atoms with E-state index in [1.807, 2.05) is 73.5 Å². The lowest BCUT2D eigenvalue weighted by Gasteiger charge is -2.44. The van der Waals surface area contributed by atoms with E-state index < -0.39 is 10.8 Å². The van der Waals surface area contributed by atoms with Crippen LogP contribution in [0.25, 0.3) is 0 Å². The normalized spacial score (nSPS) is 20.7. The summed E-state index contributed by atoms with van der Waals surface area (Å²) in [6.07, 6.45) is 7.67. The van der Waals surface area contributed by atoms with Gasteiger partial charge in [0.1, 0.15) is 12.4 Å². The van der Waals surface area contributed by atoms with E-state index >= 15 is 0 Å². The van der Waals surface area contributed by atoms with E-state index in [-0.39, 0.29) is 36.1 Å². The minimum Gasteiger partial charge on any atom is -0.342 e. The molecule has 10 nitrogen and oxygen atoms in total. The lowest BCUT2D eigenvalue weighted by molar-refractivity contribution is -0.152. The lowest BCUT2D eigenvalue weighted by Crippen LogP contribution is -2.53. The zero-order chi connectivity index (χ0) is 34.2. The molecule has 2 aliphatic heterocycles. The molecule has 2 fully saturated rings. The third kappa shape index (κ3) is 6.11. The van der Waals surface area contributed by atoms with Crippen LogP contribution in [-0.2, 0) is 50.5 Å². The zero-order valence-corrected chi connectivity index (χ0v) is 28.5. The molecule has 4 aliphatic rings. The van der Waals surface area contributed by atoms with Gasteiger partial charge in [-0.05, 0) is 92.4 Å². The van der Waals surface area contributed by atoms with Crippen molar-refractivity contribution in [1.82, 2.24) is 20.1 Å². The first-order valence-electron chi connectivity index (χ1n) is 17.7. The average molecular weight is 663 g/mol. The Kier molecular flexibility index (Phi) is 9.00. The highest BCUT2D eigenvalue weighted by Gasteiger charge is 2.51. The molecule has 3 aromatic rings. The first-order chi connectivity index (χ1) is 23.7. The number of carbonyl (C=O) groups excluding carboxylic acids is 4. The Morgan fingerprint density at radius 2 is 1.76 bits per heavy atom. The van der Waals surface area contributed by atoms with Gasteiger partial charge in [-0.3, -0.25) is 19.2 Å². The second kappa shape index (κ2) is 13.4. The second-order valence-electron chi connectivity index (χ2n) is 14.4. The van der Waals surface area contributed by atoms with Crippen LogP contribution in [0.15, 0.2) is 60.8 Å². The Morgan fingerprint density at radius 3 is 2.47 bits per heavy atom. The number of nitrogens with one attached hydrogen (secondary N) is 3. The van der Waals surface area contributed by atoms with Crippen LogP contribution in [0.3, 0.4) is 0 Å². The van der Waals surface area contributed by atoms with Crippen LogP contribution in [0.2, 0.25) is 0 Å². The van der Waals surface area contributed by atoms with Crippen LogP contribution in [-0.4, -0.2) is 65.1 Å². The molecule has 1 saturated heterocycles. The van der Waals surface area contributed by atoms with Crippen LogP contribution in [0.5, 0.6) is 0 Å². The molecule has 0 radical (unpaired) electrons. The largest absolute Gasteiger partial charge is 0.342 e. The summed E-state index contributed by atoms with van der Waals surface area (Å²) in [7, 11) is 1.89. The van der Waals surface area contributed by atoms with Gasteiger partial charge in [0.15, 0.2) is 0 Å². The minimum atomic E-state index is -0.689. The van der Waals surface area contributed by atoms with Crippen molar-refractivity contribution in [3.63, 3.8) is 0 Å². The predicted octanol–water partition coefficient (Wildman–Crippen LogP) is 4.58. The Bertz CT molecular complexity index is 1780. The molecule has 1 saturated carbocycles. The van der Waals surface area contributed by atoms with Crippen LogP contribution in [0.4, 0.5) is 11.5 Å². The van der Waals surface area contributed by atoms with Gasteiger partial charge in [-0.2, -0.15) is 0 Å². The van der Waals surface area contributed by atoms with E-state index in [2.05, 4.69) is 20.9 Å². The summed E-state index contributed by atoms with van der Waals surface area (Å²) in [6, 6.07) is 17.7. The fraction of sp³-hybridized carbons (Fsp3) is 0.462. The molecule has 4 amide bonds. The Labute approximate surface area is 288 Å². The molecular formula is C39H46N6O4. The van der Waals surface area contributed by atoms with Crippen molar-refractivity contribution >= 4 is 35.1 Å². The van der Waals surface area contributed by atoms with Crippen molar-refractivity contribution in [2.45, 2.75) is 76.8 Å². The van der Waals surface area contributed by atoms with Crippen LogP contribution in [0.1, 0.15) is 73.3 Å². The molecule has 0 unspecified atom stereocenters. The number of fused-ring (bicyclic) bond motifs is 3. The molecular weight excluding hydrogens is 616 g/mol. The first kappa shape index (κ1) is 33.0. The second-order valence-corrected chi connectivity index (χ2v) is 14.4. The fourth-order valence-electron chi connectivity index (χ4n) is 8.32. The van der Waals surface area contributed by atoms with Gasteiger partial charge < -0.3 is 25.8 Å². The molecule has 2 aliphatic carbocycles. The van der Waals surface area contributed by atoms with Crippen LogP contribution >= 0.6 is 0 Å². The average Bonchev–Trinajstić information content (AvgIpc) is 3.60. The maximum absolute atomic E-state index is 14.6. The number of aromatic nitrogens is 1. The van der Waals surface area contributed by atoms with E-state index in [1.54, 1.807) is 11.1 Å². The Balaban J connectivity index is 1.09. The van der Waals surface area contributed by atoms with Crippen LogP contribution < -0.4 is 16.0 Å². The first-order valence-corrected chi connectivity index (χ1v) is 17.7. The number of benzene rings is 2. The Hall–Kier alpha value is -4.57. The number of carbonyl (C=O) groups is 4. The molecule has 10 heteroatoms. The molecule has 7 rings (SSSR count). The highest BCUT2D eigenvalue weighted by atomic mass is 16.2. The fourth-order valence-corrected chi connectivity index (χ4v) is 8.32. The summed E-state index contributed by atoms with van der Waals surface area (Å²) in [4.78, 5) is 62.6. The lowest BCUT2D eigenvalue weighted by atomic mass is 9.74. The van der Waals surface area contributed by atoms with Gasteiger partial charge in [-0.1, -0.05) is 49.7 Å². The van der Waals surface area contributed by atoms with Gasteiger partial charge in [0.05, 0.1) is 10.8 Å². The molecule has 0 bridgehead atoms. The summed E-state index contributed by atoms with van der Waals surface area (Å²) in [6.45, 7) is 4.05. The van der Waals surface area contributed by atoms with Crippen molar-refractivity contribution < 1.29 is 19.2 Å². The number of hydrogen-bond acceptors (Lipinski definition) is 6. The topological polar surface area (TPSA) is 124 Å². The van der Waals surface area contributed by atoms with Crippen molar-refractivity contribution in [3.8, 4) is 0 Å². The van der Waals surface area contributed by atoms with E-state index in [9.17, 15) is 19.2 Å².